The van der Waals surface area contributed by atoms with Gasteiger partial charge in [0.15, 0.2) is 49.5 Å². The van der Waals surface area contributed by atoms with Crippen LogP contribution in [0.2, 0.25) is 0 Å². The van der Waals surface area contributed by atoms with E-state index in [1.54, 1.807) is 41.4 Å². The van der Waals surface area contributed by atoms with Gasteiger partial charge in [0, 0.05) is 29.2 Å². The average Bonchev–Trinajstić information content (AvgIpc) is 3.85. The van der Waals surface area contributed by atoms with Gasteiger partial charge in [-0.25, -0.2) is 36.2 Å². The van der Waals surface area contributed by atoms with E-state index in [-0.39, 0.29) is 52.4 Å². The molecular formula is C43H46F2N9O7S2+. The number of fused-ring (bicyclic) bond motifs is 2. The molecule has 330 valence electrons. The van der Waals surface area contributed by atoms with Crippen molar-refractivity contribution in [3.05, 3.63) is 95.3 Å². The lowest BCUT2D eigenvalue weighted by molar-refractivity contribution is -0.699. The van der Waals surface area contributed by atoms with Crippen LogP contribution in [0.25, 0.3) is 33.4 Å². The summed E-state index contributed by atoms with van der Waals surface area (Å²) in [6, 6.07) is 12.8. The fraction of sp³-hybridized carbons (Fsp3) is 0.419. The summed E-state index contributed by atoms with van der Waals surface area (Å²) in [7, 11) is -6.44. The highest BCUT2D eigenvalue weighted by molar-refractivity contribution is 7.93. The van der Waals surface area contributed by atoms with Gasteiger partial charge >= 0.3 is 6.61 Å². The van der Waals surface area contributed by atoms with E-state index in [9.17, 15) is 35.2 Å². The van der Waals surface area contributed by atoms with E-state index in [0.29, 0.717) is 45.1 Å². The van der Waals surface area contributed by atoms with Crippen LogP contribution >= 0.6 is 0 Å². The lowest BCUT2D eigenvalue weighted by Gasteiger charge is -2.38. The minimum absolute atomic E-state index is 0.144. The number of carbonyl (C=O) groups is 2. The molecule has 1 aliphatic carbocycles. The standard InChI is InChI=1S/C43H45F2N9O7S2/c1-24(2)35-33-12-28(39(55)48-42(4)20-62(57,58)21-42)15-46-37(33)54(50-35)31-14-32(61-41(44)45)19-52(18-31)17-25(3)36-34-13-29(40(56)49-43(5)22-63(59,60)23-43)16-47-38(34)53(51-36)30-8-6-7-27(11-30)26-9-10-26/h6-8,11-16,18-19,24-26,41H,9-10,17,20-23H2,1-5H3,(H-,48,49,55,56)/p+1. The van der Waals surface area contributed by atoms with Gasteiger partial charge in [0.25, 0.3) is 11.8 Å². The Kier molecular flexibility index (Phi) is 10.2. The lowest BCUT2D eigenvalue weighted by Crippen LogP contribution is -2.63. The van der Waals surface area contributed by atoms with E-state index in [2.05, 4.69) is 27.8 Å². The van der Waals surface area contributed by atoms with Gasteiger partial charge in [-0.05, 0) is 68.4 Å². The molecular weight excluding hydrogens is 857 g/mol. The molecule has 2 amide bonds. The third-order valence-corrected chi connectivity index (χ3v) is 15.9. The van der Waals surface area contributed by atoms with Gasteiger partial charge in [-0.1, -0.05) is 32.9 Å². The molecule has 2 saturated heterocycles. The van der Waals surface area contributed by atoms with Crippen molar-refractivity contribution in [3.63, 3.8) is 0 Å². The number of aromatic nitrogens is 7. The molecule has 5 aromatic heterocycles. The Bertz CT molecular complexity index is 3070. The van der Waals surface area contributed by atoms with Gasteiger partial charge in [0.2, 0.25) is 6.20 Å². The third-order valence-electron chi connectivity index (χ3n) is 11.6. The molecule has 1 atom stereocenters. The number of ether oxygens (including phenoxy) is 1. The van der Waals surface area contributed by atoms with Gasteiger partial charge in [-0.2, -0.15) is 23.5 Å². The SMILES string of the molecule is CC(C)c1nn(-c2cc(OC(F)F)c[n+](CC(C)c3nn(-c4cccc(C5CC5)c4)c4ncc(C(=O)NC5(C)CS(=O)(=O)C5)cc34)c2)c2ncc(C(=O)NC3(C)CS(=O)(=O)C3)cc12. The van der Waals surface area contributed by atoms with Crippen LogP contribution in [-0.2, 0) is 26.2 Å². The maximum atomic E-state index is 13.9. The molecule has 20 heteroatoms. The van der Waals surface area contributed by atoms with Crippen molar-refractivity contribution in [1.29, 1.82) is 0 Å². The number of sulfone groups is 2. The first-order valence-electron chi connectivity index (χ1n) is 20.6. The number of nitrogens with zero attached hydrogens (tertiary/aromatic N) is 7. The molecule has 2 aliphatic heterocycles. The number of carbonyl (C=O) groups excluding carboxylic acids is 2. The monoisotopic (exact) mass is 902 g/mol. The number of alkyl halides is 2. The molecule has 9 rings (SSSR count). The van der Waals surface area contributed by atoms with Crippen LogP contribution in [0.4, 0.5) is 8.78 Å². The minimum Gasteiger partial charge on any atom is -0.428 e. The van der Waals surface area contributed by atoms with Crippen molar-refractivity contribution < 1.29 is 44.5 Å². The summed E-state index contributed by atoms with van der Waals surface area (Å²) >= 11 is 0. The second-order valence-corrected chi connectivity index (χ2v) is 22.2. The van der Waals surface area contributed by atoms with Gasteiger partial charge in [0.1, 0.15) is 5.69 Å². The van der Waals surface area contributed by atoms with Crippen molar-refractivity contribution in [2.24, 2.45) is 0 Å². The lowest BCUT2D eigenvalue weighted by atomic mass is 10.0. The Morgan fingerprint density at radius 1 is 0.794 bits per heavy atom. The summed E-state index contributed by atoms with van der Waals surface area (Å²) in [5, 5.41) is 16.7. The first kappa shape index (κ1) is 42.4. The van der Waals surface area contributed by atoms with Crippen LogP contribution in [-0.4, -0.2) is 98.9 Å². The smallest absolute Gasteiger partial charge is 0.387 e. The predicted octanol–water partition coefficient (Wildman–Crippen LogP) is 4.68. The van der Waals surface area contributed by atoms with Crippen LogP contribution in [0.5, 0.6) is 5.75 Å². The van der Waals surface area contributed by atoms with Crippen molar-refractivity contribution in [2.75, 3.05) is 23.0 Å². The molecule has 6 aromatic rings. The molecule has 16 nitrogen and oxygen atoms in total. The molecule has 3 aliphatic rings. The van der Waals surface area contributed by atoms with Crippen LogP contribution in [0.1, 0.15) is 103 Å². The highest BCUT2D eigenvalue weighted by Crippen LogP contribution is 2.41. The number of pyridine rings is 3. The van der Waals surface area contributed by atoms with Crippen LogP contribution in [0, 0.1) is 0 Å². The number of nitrogens with one attached hydrogen (secondary N) is 2. The number of halogens is 2. The molecule has 7 heterocycles. The zero-order chi connectivity index (χ0) is 44.8. The number of rotatable bonds is 13. The second-order valence-electron chi connectivity index (χ2n) is 18.1. The number of hydrogen-bond acceptors (Lipinski definition) is 11. The van der Waals surface area contributed by atoms with E-state index >= 15 is 0 Å². The molecule has 1 saturated carbocycles. The average molecular weight is 903 g/mol. The van der Waals surface area contributed by atoms with Crippen LogP contribution < -0.4 is 19.9 Å². The summed E-state index contributed by atoms with van der Waals surface area (Å²) in [6.07, 6.45) is 8.18. The largest absolute Gasteiger partial charge is 0.428 e. The molecule has 1 unspecified atom stereocenters. The predicted molar refractivity (Wildman–Crippen MR) is 228 cm³/mol. The normalized spacial score (nSPS) is 18.8. The summed E-state index contributed by atoms with van der Waals surface area (Å²) < 4.78 is 85.3. The Morgan fingerprint density at radius 2 is 1.33 bits per heavy atom. The fourth-order valence-electron chi connectivity index (χ4n) is 8.85. The summed E-state index contributed by atoms with van der Waals surface area (Å²) in [4.78, 5) is 36.2. The quantitative estimate of drug-likeness (QED) is 0.153. The highest BCUT2D eigenvalue weighted by Gasteiger charge is 2.47. The molecule has 0 spiro atoms. The van der Waals surface area contributed by atoms with Gasteiger partial charge in [-0.15, -0.1) is 0 Å². The van der Waals surface area contributed by atoms with E-state index in [0.717, 1.165) is 18.5 Å². The van der Waals surface area contributed by atoms with Crippen molar-refractivity contribution in [3.8, 4) is 17.1 Å². The Balaban J connectivity index is 1.08. The van der Waals surface area contributed by atoms with Crippen molar-refractivity contribution in [1.82, 2.24) is 40.2 Å². The maximum Gasteiger partial charge on any atom is 0.387 e. The van der Waals surface area contributed by atoms with E-state index in [1.165, 1.54) is 34.9 Å². The highest BCUT2D eigenvalue weighted by atomic mass is 32.2. The Hall–Kier alpha value is -5.89. The van der Waals surface area contributed by atoms with E-state index < -0.39 is 55.1 Å². The number of amides is 2. The Morgan fingerprint density at radius 3 is 1.86 bits per heavy atom. The van der Waals surface area contributed by atoms with Crippen molar-refractivity contribution >= 4 is 53.6 Å². The molecule has 63 heavy (non-hydrogen) atoms. The zero-order valence-corrected chi connectivity index (χ0v) is 36.8. The zero-order valence-electron chi connectivity index (χ0n) is 35.2. The molecule has 3 fully saturated rings. The molecule has 0 bridgehead atoms. The number of hydrogen-bond donors (Lipinski definition) is 2. The first-order chi connectivity index (χ1) is 29.7. The summed E-state index contributed by atoms with van der Waals surface area (Å²) in [5.41, 5.74) is 2.95. The number of benzene rings is 1. The van der Waals surface area contributed by atoms with Gasteiger partial charge in [0.05, 0.1) is 68.2 Å². The van der Waals surface area contributed by atoms with Crippen molar-refractivity contribution in [2.45, 2.75) is 89.4 Å². The van der Waals surface area contributed by atoms with Crippen LogP contribution in [0.3, 0.4) is 0 Å². The molecule has 0 radical (unpaired) electrons. The maximum absolute atomic E-state index is 13.9. The summed E-state index contributed by atoms with van der Waals surface area (Å²) in [6.45, 7) is 6.17. The van der Waals surface area contributed by atoms with Gasteiger partial charge in [-0.3, -0.25) is 9.59 Å². The van der Waals surface area contributed by atoms with E-state index in [4.69, 9.17) is 19.9 Å². The van der Waals surface area contributed by atoms with Crippen LogP contribution in [0.15, 0.2) is 67.3 Å². The minimum atomic E-state index is -3.22. The third kappa shape index (κ3) is 8.49. The molecule has 1 aromatic carbocycles. The first-order valence-corrected chi connectivity index (χ1v) is 24.2. The Labute approximate surface area is 361 Å². The van der Waals surface area contributed by atoms with Gasteiger partial charge < -0.3 is 15.4 Å². The fourth-order valence-corrected chi connectivity index (χ4v) is 12.9. The van der Waals surface area contributed by atoms with E-state index in [1.807, 2.05) is 32.9 Å². The topological polar surface area (TPSA) is 201 Å². The summed E-state index contributed by atoms with van der Waals surface area (Å²) in [5.74, 6) is -1.85. The molecule has 2 N–H and O–H groups in total. The second kappa shape index (κ2) is 15.1.